The smallest absolute Gasteiger partial charge is 0.325 e. The number of benzene rings is 1. The Balaban J connectivity index is 1.16. The third-order valence-corrected chi connectivity index (χ3v) is 6.32. The van der Waals surface area contributed by atoms with Crippen LogP contribution in [0.15, 0.2) is 42.5 Å². The van der Waals surface area contributed by atoms with Gasteiger partial charge in [-0.2, -0.15) is 0 Å². The van der Waals surface area contributed by atoms with Crippen molar-refractivity contribution >= 4 is 11.8 Å². The van der Waals surface area contributed by atoms with E-state index in [1.54, 1.807) is 0 Å². The van der Waals surface area contributed by atoms with Gasteiger partial charge in [-0.3, -0.25) is 9.69 Å². The number of carbonyl (C=O) groups is 1. The fourth-order valence-electron chi connectivity index (χ4n) is 4.61. The Hall–Kier alpha value is -2.44. The summed E-state index contributed by atoms with van der Waals surface area (Å²) in [5.41, 5.74) is 3.34. The number of anilines is 1. The second kappa shape index (κ2) is 10.7. The Labute approximate surface area is 184 Å². The standard InChI is InChI=1S/C25H33N3O3/c29-25(30)23(19-7-2-1-3-8-19)28-16-13-22(14-17-28)31-18-5-4-10-21-12-11-20-9-6-15-26-24(20)27-21/h1-3,7-8,11-12,22-23H,4-6,9-10,13-18H2,(H,26,27)(H,29,30)/t23-/m1/s1. The van der Waals surface area contributed by atoms with E-state index in [9.17, 15) is 9.90 Å². The average molecular weight is 424 g/mol. The first-order valence-corrected chi connectivity index (χ1v) is 11.6. The molecule has 2 aliphatic heterocycles. The summed E-state index contributed by atoms with van der Waals surface area (Å²) in [5, 5.41) is 13.1. The molecule has 0 unspecified atom stereocenters. The summed E-state index contributed by atoms with van der Waals surface area (Å²) in [5.74, 6) is 0.290. The lowest BCUT2D eigenvalue weighted by Gasteiger charge is -2.35. The van der Waals surface area contributed by atoms with Crippen molar-refractivity contribution in [2.45, 2.75) is 57.1 Å². The number of aryl methyl sites for hydroxylation is 2. The molecule has 1 saturated heterocycles. The van der Waals surface area contributed by atoms with Gasteiger partial charge in [0, 0.05) is 31.9 Å². The van der Waals surface area contributed by atoms with Gasteiger partial charge in [-0.1, -0.05) is 36.4 Å². The van der Waals surface area contributed by atoms with Crippen molar-refractivity contribution in [1.29, 1.82) is 0 Å². The molecule has 1 fully saturated rings. The lowest BCUT2D eigenvalue weighted by atomic mass is 10.0. The van der Waals surface area contributed by atoms with Crippen molar-refractivity contribution in [1.82, 2.24) is 9.88 Å². The first kappa shape index (κ1) is 21.8. The molecule has 2 aliphatic rings. The van der Waals surface area contributed by atoms with Gasteiger partial charge < -0.3 is 15.2 Å². The number of carboxylic acids is 1. The highest BCUT2D eigenvalue weighted by molar-refractivity contribution is 5.75. The van der Waals surface area contributed by atoms with E-state index < -0.39 is 12.0 Å². The fourth-order valence-corrected chi connectivity index (χ4v) is 4.61. The van der Waals surface area contributed by atoms with Gasteiger partial charge in [0.25, 0.3) is 0 Å². The highest BCUT2D eigenvalue weighted by Crippen LogP contribution is 2.26. The highest BCUT2D eigenvalue weighted by atomic mass is 16.5. The predicted octanol–water partition coefficient (Wildman–Crippen LogP) is 4.07. The topological polar surface area (TPSA) is 74.7 Å². The molecule has 1 aromatic heterocycles. The van der Waals surface area contributed by atoms with Gasteiger partial charge in [-0.25, -0.2) is 4.98 Å². The van der Waals surface area contributed by atoms with E-state index in [2.05, 4.69) is 22.3 Å². The summed E-state index contributed by atoms with van der Waals surface area (Å²) < 4.78 is 6.10. The summed E-state index contributed by atoms with van der Waals surface area (Å²) in [6, 6.07) is 13.3. The van der Waals surface area contributed by atoms with Gasteiger partial charge >= 0.3 is 5.97 Å². The maximum absolute atomic E-state index is 11.8. The Kier molecular flexibility index (Phi) is 7.54. The Morgan fingerprint density at radius 3 is 2.74 bits per heavy atom. The van der Waals surface area contributed by atoms with Gasteiger partial charge in [0.1, 0.15) is 11.9 Å². The number of hydrogen-bond donors (Lipinski definition) is 2. The van der Waals surface area contributed by atoms with Crippen molar-refractivity contribution in [2.24, 2.45) is 0 Å². The van der Waals surface area contributed by atoms with Crippen LogP contribution in [0.4, 0.5) is 5.82 Å². The number of aliphatic carboxylic acids is 1. The second-order valence-corrected chi connectivity index (χ2v) is 8.56. The third-order valence-electron chi connectivity index (χ3n) is 6.32. The maximum Gasteiger partial charge on any atom is 0.325 e. The van der Waals surface area contributed by atoms with E-state index in [1.165, 1.54) is 12.0 Å². The van der Waals surface area contributed by atoms with Gasteiger partial charge in [0.15, 0.2) is 0 Å². The van der Waals surface area contributed by atoms with Crippen LogP contribution in [0.1, 0.15) is 55.0 Å². The normalized spacial score (nSPS) is 18.2. The zero-order valence-corrected chi connectivity index (χ0v) is 18.1. The van der Waals surface area contributed by atoms with Gasteiger partial charge in [0.2, 0.25) is 0 Å². The van der Waals surface area contributed by atoms with Crippen molar-refractivity contribution in [2.75, 3.05) is 31.6 Å². The van der Waals surface area contributed by atoms with E-state index in [0.29, 0.717) is 0 Å². The largest absolute Gasteiger partial charge is 0.480 e. The molecule has 0 bridgehead atoms. The summed E-state index contributed by atoms with van der Waals surface area (Å²) in [6.07, 6.45) is 7.38. The zero-order valence-electron chi connectivity index (χ0n) is 18.1. The number of ether oxygens (including phenoxy) is 1. The minimum Gasteiger partial charge on any atom is -0.480 e. The number of fused-ring (bicyclic) bond motifs is 1. The molecular weight excluding hydrogens is 390 g/mol. The highest BCUT2D eigenvalue weighted by Gasteiger charge is 2.31. The molecular formula is C25H33N3O3. The van der Waals surface area contributed by atoms with Crippen LogP contribution in [0.3, 0.4) is 0 Å². The minimum absolute atomic E-state index is 0.229. The van der Waals surface area contributed by atoms with Gasteiger partial charge in [-0.05, 0) is 62.1 Å². The summed E-state index contributed by atoms with van der Waals surface area (Å²) in [4.78, 5) is 18.7. The molecule has 31 heavy (non-hydrogen) atoms. The summed E-state index contributed by atoms with van der Waals surface area (Å²) >= 11 is 0. The molecule has 0 aliphatic carbocycles. The van der Waals surface area contributed by atoms with Gasteiger partial charge in [-0.15, -0.1) is 0 Å². The number of pyridine rings is 1. The number of rotatable bonds is 9. The van der Waals surface area contributed by atoms with Crippen LogP contribution in [-0.4, -0.2) is 53.3 Å². The van der Waals surface area contributed by atoms with E-state index in [0.717, 1.165) is 81.8 Å². The fraction of sp³-hybridized carbons (Fsp3) is 0.520. The first-order valence-electron chi connectivity index (χ1n) is 11.6. The van der Waals surface area contributed by atoms with Gasteiger partial charge in [0.05, 0.1) is 6.10 Å². The number of likely N-dealkylation sites (tertiary alicyclic amines) is 1. The molecule has 166 valence electrons. The second-order valence-electron chi connectivity index (χ2n) is 8.56. The van der Waals surface area contributed by atoms with Crippen molar-refractivity contribution in [3.05, 3.63) is 59.3 Å². The lowest BCUT2D eigenvalue weighted by Crippen LogP contribution is -2.42. The maximum atomic E-state index is 11.8. The molecule has 1 aromatic carbocycles. The number of unbranched alkanes of at least 4 members (excludes halogenated alkanes) is 1. The first-order chi connectivity index (χ1) is 15.2. The third kappa shape index (κ3) is 5.83. The Bertz CT molecular complexity index is 850. The van der Waals surface area contributed by atoms with Crippen LogP contribution in [-0.2, 0) is 22.4 Å². The summed E-state index contributed by atoms with van der Waals surface area (Å²) in [6.45, 7) is 3.29. The monoisotopic (exact) mass is 423 g/mol. The van der Waals surface area contributed by atoms with E-state index >= 15 is 0 Å². The lowest BCUT2D eigenvalue weighted by molar-refractivity contribution is -0.144. The number of nitrogens with one attached hydrogen (secondary N) is 1. The SMILES string of the molecule is O=C(O)[C@@H](c1ccccc1)N1CCC(OCCCCc2ccc3c(n2)NCCC3)CC1. The molecule has 0 radical (unpaired) electrons. The molecule has 6 heteroatoms. The molecule has 4 rings (SSSR count). The summed E-state index contributed by atoms with van der Waals surface area (Å²) in [7, 11) is 0. The average Bonchev–Trinajstić information content (AvgIpc) is 2.80. The predicted molar refractivity (Wildman–Crippen MR) is 121 cm³/mol. The number of nitrogens with zero attached hydrogens (tertiary/aromatic N) is 2. The van der Waals surface area contributed by atoms with Crippen molar-refractivity contribution in [3.63, 3.8) is 0 Å². The zero-order chi connectivity index (χ0) is 21.5. The van der Waals surface area contributed by atoms with E-state index in [4.69, 9.17) is 9.72 Å². The minimum atomic E-state index is -0.781. The number of aromatic nitrogens is 1. The van der Waals surface area contributed by atoms with E-state index in [-0.39, 0.29) is 6.10 Å². The number of hydrogen-bond acceptors (Lipinski definition) is 5. The molecule has 3 heterocycles. The molecule has 2 N–H and O–H groups in total. The quantitative estimate of drug-likeness (QED) is 0.592. The van der Waals surface area contributed by atoms with Crippen molar-refractivity contribution in [3.8, 4) is 0 Å². The van der Waals surface area contributed by atoms with Crippen LogP contribution in [0.2, 0.25) is 0 Å². The van der Waals surface area contributed by atoms with Crippen LogP contribution >= 0.6 is 0 Å². The molecule has 6 nitrogen and oxygen atoms in total. The van der Waals surface area contributed by atoms with Crippen LogP contribution in [0.5, 0.6) is 0 Å². The molecule has 0 amide bonds. The Morgan fingerprint density at radius 1 is 1.16 bits per heavy atom. The molecule has 0 spiro atoms. The number of piperidine rings is 1. The van der Waals surface area contributed by atoms with Crippen LogP contribution in [0.25, 0.3) is 0 Å². The molecule has 0 saturated carbocycles. The van der Waals surface area contributed by atoms with Crippen LogP contribution in [0, 0.1) is 0 Å². The Morgan fingerprint density at radius 2 is 1.97 bits per heavy atom. The number of carboxylic acid groups (broad SMARTS) is 1. The van der Waals surface area contributed by atoms with E-state index in [1.807, 2.05) is 30.3 Å². The molecule has 1 atom stereocenters. The van der Waals surface area contributed by atoms with Crippen LogP contribution < -0.4 is 5.32 Å². The van der Waals surface area contributed by atoms with Crippen molar-refractivity contribution < 1.29 is 14.6 Å². The molecule has 2 aromatic rings.